The standard InChI is InChI=1S/C26H20N2O/c1-28(24-13-8-10-19-9-6-7-11-22(19)24)21-17-15-20(16-18-21)26-27-23-12-4-2-3-5-14-25(23)29-26/h2-4,6-11,13-18H,12H2,1H3/b4-2-. The lowest BCUT2D eigenvalue weighted by atomic mass is 10.1. The van der Waals surface area contributed by atoms with E-state index in [0.717, 1.165) is 29.1 Å². The van der Waals surface area contributed by atoms with Gasteiger partial charge in [0.15, 0.2) is 5.76 Å². The van der Waals surface area contributed by atoms with E-state index in [0.29, 0.717) is 5.89 Å². The van der Waals surface area contributed by atoms with Crippen LogP contribution in [-0.4, -0.2) is 12.0 Å². The summed E-state index contributed by atoms with van der Waals surface area (Å²) in [7, 11) is 2.09. The van der Waals surface area contributed by atoms with Gasteiger partial charge in [-0.15, -0.1) is 5.73 Å². The molecule has 140 valence electrons. The average Bonchev–Trinajstić information content (AvgIpc) is 3.15. The lowest BCUT2D eigenvalue weighted by molar-refractivity contribution is 0.563. The van der Waals surface area contributed by atoms with E-state index in [-0.39, 0.29) is 0 Å². The van der Waals surface area contributed by atoms with Crippen LogP contribution in [0.3, 0.4) is 0 Å². The highest BCUT2D eigenvalue weighted by Gasteiger charge is 2.13. The highest BCUT2D eigenvalue weighted by molar-refractivity contribution is 5.96. The van der Waals surface area contributed by atoms with Crippen molar-refractivity contribution in [3.8, 4) is 11.5 Å². The van der Waals surface area contributed by atoms with Crippen molar-refractivity contribution in [3.05, 3.63) is 102 Å². The second kappa shape index (κ2) is 7.31. The summed E-state index contributed by atoms with van der Waals surface area (Å²) in [5.41, 5.74) is 7.28. The molecule has 1 aromatic heterocycles. The molecule has 5 rings (SSSR count). The molecule has 0 saturated heterocycles. The number of aromatic nitrogens is 1. The number of allylic oxidation sites excluding steroid dienone is 3. The first-order chi connectivity index (χ1) is 14.3. The zero-order valence-electron chi connectivity index (χ0n) is 16.2. The number of anilines is 2. The SMILES string of the molecule is CN(c1ccc(-c2nc3c(o2)C=C=C/C=C\C3)cc1)c1cccc2ccccc12. The molecule has 0 unspecified atom stereocenters. The summed E-state index contributed by atoms with van der Waals surface area (Å²) in [6.45, 7) is 0. The largest absolute Gasteiger partial charge is 0.436 e. The fraction of sp³-hybridized carbons (Fsp3) is 0.0769. The van der Waals surface area contributed by atoms with Gasteiger partial charge in [-0.1, -0.05) is 48.6 Å². The predicted molar refractivity (Wildman–Crippen MR) is 119 cm³/mol. The van der Waals surface area contributed by atoms with Gasteiger partial charge in [0.25, 0.3) is 0 Å². The summed E-state index contributed by atoms with van der Waals surface area (Å²) in [6.07, 6.45) is 8.52. The van der Waals surface area contributed by atoms with E-state index in [1.54, 1.807) is 0 Å². The lowest BCUT2D eigenvalue weighted by Crippen LogP contribution is -2.09. The van der Waals surface area contributed by atoms with Gasteiger partial charge >= 0.3 is 0 Å². The monoisotopic (exact) mass is 376 g/mol. The fourth-order valence-corrected chi connectivity index (χ4v) is 3.64. The lowest BCUT2D eigenvalue weighted by Gasteiger charge is -2.21. The second-order valence-electron chi connectivity index (χ2n) is 7.04. The first-order valence-electron chi connectivity index (χ1n) is 9.69. The Bertz CT molecular complexity index is 1270. The Morgan fingerprint density at radius 1 is 0.966 bits per heavy atom. The van der Waals surface area contributed by atoms with E-state index < -0.39 is 0 Å². The molecule has 0 radical (unpaired) electrons. The summed E-state index contributed by atoms with van der Waals surface area (Å²) in [4.78, 5) is 6.89. The third-order valence-electron chi connectivity index (χ3n) is 5.21. The molecule has 0 bridgehead atoms. The van der Waals surface area contributed by atoms with Crippen molar-refractivity contribution in [2.75, 3.05) is 11.9 Å². The van der Waals surface area contributed by atoms with Gasteiger partial charge in [0.05, 0.1) is 5.69 Å². The van der Waals surface area contributed by atoms with Crippen molar-refractivity contribution in [3.63, 3.8) is 0 Å². The Kier molecular flexibility index (Phi) is 4.36. The highest BCUT2D eigenvalue weighted by atomic mass is 16.4. The van der Waals surface area contributed by atoms with Crippen LogP contribution in [0.4, 0.5) is 11.4 Å². The summed E-state index contributed by atoms with van der Waals surface area (Å²) >= 11 is 0. The van der Waals surface area contributed by atoms with E-state index >= 15 is 0 Å². The number of fused-ring (bicyclic) bond motifs is 2. The molecule has 0 aliphatic heterocycles. The first kappa shape index (κ1) is 17.3. The number of nitrogens with zero attached hydrogens (tertiary/aromatic N) is 2. The molecule has 0 atom stereocenters. The number of hydrogen-bond acceptors (Lipinski definition) is 3. The maximum Gasteiger partial charge on any atom is 0.227 e. The van der Waals surface area contributed by atoms with E-state index in [9.17, 15) is 0 Å². The molecule has 1 aliphatic rings. The van der Waals surface area contributed by atoms with Gasteiger partial charge in [0.1, 0.15) is 0 Å². The highest BCUT2D eigenvalue weighted by Crippen LogP contribution is 2.32. The number of oxazole rings is 1. The molecule has 0 amide bonds. The van der Waals surface area contributed by atoms with Crippen LogP contribution in [0.15, 0.2) is 95.1 Å². The average molecular weight is 376 g/mol. The molecule has 3 nitrogen and oxygen atoms in total. The Balaban J connectivity index is 1.47. The van der Waals surface area contributed by atoms with Gasteiger partial charge < -0.3 is 9.32 Å². The van der Waals surface area contributed by atoms with Crippen LogP contribution in [0.2, 0.25) is 0 Å². The van der Waals surface area contributed by atoms with E-state index in [4.69, 9.17) is 4.42 Å². The van der Waals surface area contributed by atoms with Crippen LogP contribution >= 0.6 is 0 Å². The number of benzene rings is 3. The van der Waals surface area contributed by atoms with Crippen molar-refractivity contribution in [2.24, 2.45) is 0 Å². The minimum atomic E-state index is 0.641. The van der Waals surface area contributed by atoms with Crippen molar-refractivity contribution in [1.29, 1.82) is 0 Å². The van der Waals surface area contributed by atoms with Gasteiger partial charge in [0, 0.05) is 41.9 Å². The third kappa shape index (κ3) is 3.29. The molecular formula is C26H20N2O. The zero-order chi connectivity index (χ0) is 19.6. The van der Waals surface area contributed by atoms with Crippen molar-refractivity contribution in [1.82, 2.24) is 4.98 Å². The number of hydrogen-bond donors (Lipinski definition) is 0. The van der Waals surface area contributed by atoms with Crippen LogP contribution < -0.4 is 4.90 Å². The fourth-order valence-electron chi connectivity index (χ4n) is 3.64. The minimum absolute atomic E-state index is 0.641. The predicted octanol–water partition coefficient (Wildman–Crippen LogP) is 6.54. The van der Waals surface area contributed by atoms with E-state index in [1.807, 2.05) is 18.2 Å². The topological polar surface area (TPSA) is 29.3 Å². The van der Waals surface area contributed by atoms with Crippen LogP contribution in [-0.2, 0) is 6.42 Å². The molecule has 0 saturated carbocycles. The summed E-state index contributed by atoms with van der Waals surface area (Å²) in [5, 5.41) is 2.48. The summed E-state index contributed by atoms with van der Waals surface area (Å²) in [5.74, 6) is 1.42. The molecule has 1 heterocycles. The van der Waals surface area contributed by atoms with Crippen LogP contribution in [0.1, 0.15) is 11.5 Å². The minimum Gasteiger partial charge on any atom is -0.436 e. The summed E-state index contributed by atoms with van der Waals surface area (Å²) in [6, 6.07) is 23.2. The Labute approximate surface area is 169 Å². The zero-order valence-corrected chi connectivity index (χ0v) is 16.2. The molecule has 0 N–H and O–H groups in total. The van der Waals surface area contributed by atoms with Gasteiger partial charge in [0.2, 0.25) is 5.89 Å². The van der Waals surface area contributed by atoms with Crippen molar-refractivity contribution in [2.45, 2.75) is 6.42 Å². The normalized spacial score (nSPS) is 13.7. The molecular weight excluding hydrogens is 356 g/mol. The van der Waals surface area contributed by atoms with Gasteiger partial charge in [-0.2, -0.15) is 0 Å². The maximum atomic E-state index is 5.97. The molecule has 3 aromatic carbocycles. The second-order valence-corrected chi connectivity index (χ2v) is 7.04. The van der Waals surface area contributed by atoms with E-state index in [2.05, 4.69) is 95.5 Å². The van der Waals surface area contributed by atoms with Crippen LogP contribution in [0, 0.1) is 0 Å². The van der Waals surface area contributed by atoms with Gasteiger partial charge in [-0.3, -0.25) is 0 Å². The molecule has 4 aromatic rings. The molecule has 1 aliphatic carbocycles. The number of rotatable bonds is 3. The molecule has 0 spiro atoms. The Morgan fingerprint density at radius 2 is 1.79 bits per heavy atom. The molecule has 0 fully saturated rings. The molecule has 3 heteroatoms. The van der Waals surface area contributed by atoms with Crippen LogP contribution in [0.25, 0.3) is 28.3 Å². The summed E-state index contributed by atoms with van der Waals surface area (Å²) < 4.78 is 5.97. The van der Waals surface area contributed by atoms with Crippen molar-refractivity contribution < 1.29 is 4.42 Å². The Hall–Kier alpha value is -3.81. The smallest absolute Gasteiger partial charge is 0.227 e. The van der Waals surface area contributed by atoms with Crippen LogP contribution in [0.5, 0.6) is 0 Å². The van der Waals surface area contributed by atoms with E-state index in [1.165, 1.54) is 16.5 Å². The quantitative estimate of drug-likeness (QED) is 0.380. The Morgan fingerprint density at radius 3 is 2.69 bits per heavy atom. The first-order valence-corrected chi connectivity index (χ1v) is 9.69. The van der Waals surface area contributed by atoms with Crippen molar-refractivity contribution >= 4 is 28.2 Å². The maximum absolute atomic E-state index is 5.97. The third-order valence-corrected chi connectivity index (χ3v) is 5.21. The van der Waals surface area contributed by atoms with Gasteiger partial charge in [-0.25, -0.2) is 4.98 Å². The molecule has 29 heavy (non-hydrogen) atoms. The van der Waals surface area contributed by atoms with Gasteiger partial charge in [-0.05, 0) is 41.8 Å².